The van der Waals surface area contributed by atoms with E-state index < -0.39 is 0 Å². The molecule has 0 aliphatic carbocycles. The maximum atomic E-state index is 7.71. The lowest BCUT2D eigenvalue weighted by Crippen LogP contribution is -2.17. The van der Waals surface area contributed by atoms with Crippen molar-refractivity contribution in [3.63, 3.8) is 0 Å². The average Bonchev–Trinajstić information content (AvgIpc) is 2.67. The zero-order valence-electron chi connectivity index (χ0n) is 11.0. The molecule has 0 radical (unpaired) electrons. The summed E-state index contributed by atoms with van der Waals surface area (Å²) in [7, 11) is 0. The lowest BCUT2D eigenvalue weighted by atomic mass is 9.87. The molecule has 1 aromatic carbocycles. The summed E-state index contributed by atoms with van der Waals surface area (Å²) < 4.78 is 1.15. The molecule has 1 heterocycles. The summed E-state index contributed by atoms with van der Waals surface area (Å²) in [5.74, 6) is 0.803. The number of nitrogens with two attached hydrogens (primary N) is 1. The Bertz CT molecular complexity index is 573. The van der Waals surface area contributed by atoms with Crippen LogP contribution in [-0.4, -0.2) is 10.7 Å². The minimum absolute atomic E-state index is 0.326. The van der Waals surface area contributed by atoms with Gasteiger partial charge in [0.15, 0.2) is 5.13 Å². The Balaban J connectivity index is 2.18. The Morgan fingerprint density at radius 2 is 2.17 bits per heavy atom. The second-order valence-electron chi connectivity index (χ2n) is 5.01. The monoisotopic (exact) mass is 261 g/mol. The fraction of sp³-hybridized carbons (Fsp3) is 0.429. The number of anilines is 1. The number of hydrogen-bond donors (Lipinski definition) is 2. The molecule has 2 atom stereocenters. The van der Waals surface area contributed by atoms with Gasteiger partial charge in [-0.25, -0.2) is 4.98 Å². The largest absolute Gasteiger partial charge is 0.375 e. The topological polar surface area (TPSA) is 62.8 Å². The predicted molar refractivity (Wildman–Crippen MR) is 79.5 cm³/mol. The van der Waals surface area contributed by atoms with Crippen LogP contribution in [0, 0.1) is 17.2 Å². The minimum atomic E-state index is 0.326. The van der Waals surface area contributed by atoms with Gasteiger partial charge in [0.1, 0.15) is 0 Å². The Hall–Kier alpha value is -1.42. The molecule has 2 unspecified atom stereocenters. The molecule has 96 valence electrons. The van der Waals surface area contributed by atoms with Crippen molar-refractivity contribution < 1.29 is 0 Å². The second-order valence-corrected chi connectivity index (χ2v) is 6.07. The van der Waals surface area contributed by atoms with Crippen molar-refractivity contribution >= 4 is 32.4 Å². The molecule has 2 rings (SSSR count). The number of rotatable bonds is 4. The summed E-state index contributed by atoms with van der Waals surface area (Å²) in [6.45, 7) is 6.21. The van der Waals surface area contributed by atoms with Gasteiger partial charge in [-0.1, -0.05) is 31.3 Å². The highest BCUT2D eigenvalue weighted by Gasteiger charge is 2.15. The molecular weight excluding hydrogens is 242 g/mol. The van der Waals surface area contributed by atoms with Crippen LogP contribution in [0.2, 0.25) is 0 Å². The van der Waals surface area contributed by atoms with Gasteiger partial charge in [0.05, 0.1) is 10.2 Å². The van der Waals surface area contributed by atoms with Gasteiger partial charge in [-0.3, -0.25) is 0 Å². The van der Waals surface area contributed by atoms with E-state index >= 15 is 0 Å². The molecule has 0 fully saturated rings. The number of fused-ring (bicyclic) bond motifs is 1. The normalized spacial score (nSPS) is 14.6. The summed E-state index contributed by atoms with van der Waals surface area (Å²) >= 11 is 1.53. The standard InChI is InChI=1S/C14H19N3S/c1-8(9(2)10(3)15)6-11-4-5-12-13(7-11)18-14(16)17-12/h4-5,7-9,15H,6H2,1-3H3,(H2,16,17). The van der Waals surface area contributed by atoms with Gasteiger partial charge in [-0.15, -0.1) is 0 Å². The van der Waals surface area contributed by atoms with E-state index in [0.29, 0.717) is 17.0 Å². The Morgan fingerprint density at radius 3 is 2.83 bits per heavy atom. The second kappa shape index (κ2) is 5.06. The number of hydrogen-bond acceptors (Lipinski definition) is 4. The van der Waals surface area contributed by atoms with Gasteiger partial charge in [0.2, 0.25) is 0 Å². The predicted octanol–water partition coefficient (Wildman–Crippen LogP) is 3.73. The molecule has 1 aromatic heterocycles. The lowest BCUT2D eigenvalue weighted by molar-refractivity contribution is 0.479. The third kappa shape index (κ3) is 2.70. The summed E-state index contributed by atoms with van der Waals surface area (Å²) in [6.07, 6.45) is 0.991. The van der Waals surface area contributed by atoms with Crippen LogP contribution in [0.25, 0.3) is 10.2 Å². The maximum absolute atomic E-state index is 7.71. The Kier molecular flexibility index (Phi) is 3.66. The van der Waals surface area contributed by atoms with E-state index in [1.165, 1.54) is 16.9 Å². The van der Waals surface area contributed by atoms with Crippen molar-refractivity contribution in [1.82, 2.24) is 4.98 Å². The first-order valence-corrected chi connectivity index (χ1v) is 6.99. The molecule has 0 bridgehead atoms. The number of nitrogen functional groups attached to an aromatic ring is 1. The zero-order chi connectivity index (χ0) is 13.3. The third-order valence-corrected chi connectivity index (χ3v) is 4.41. The van der Waals surface area contributed by atoms with Crippen molar-refractivity contribution in [1.29, 1.82) is 5.41 Å². The molecule has 18 heavy (non-hydrogen) atoms. The van der Waals surface area contributed by atoms with E-state index in [1.54, 1.807) is 0 Å². The quantitative estimate of drug-likeness (QED) is 0.824. The average molecular weight is 261 g/mol. The number of aromatic nitrogens is 1. The van der Waals surface area contributed by atoms with E-state index in [1.807, 2.05) is 13.0 Å². The summed E-state index contributed by atoms with van der Waals surface area (Å²) in [4.78, 5) is 4.26. The highest BCUT2D eigenvalue weighted by atomic mass is 32.1. The fourth-order valence-electron chi connectivity index (χ4n) is 2.09. The van der Waals surface area contributed by atoms with Crippen LogP contribution >= 0.6 is 11.3 Å². The molecule has 0 aliphatic rings. The number of nitrogens with zero attached hydrogens (tertiary/aromatic N) is 1. The first kappa shape index (κ1) is 13.0. The van der Waals surface area contributed by atoms with E-state index in [-0.39, 0.29) is 0 Å². The van der Waals surface area contributed by atoms with Crippen LogP contribution in [0.15, 0.2) is 18.2 Å². The van der Waals surface area contributed by atoms with Crippen LogP contribution < -0.4 is 5.73 Å². The molecule has 0 aliphatic heterocycles. The molecule has 0 saturated heterocycles. The molecule has 2 aromatic rings. The fourth-order valence-corrected chi connectivity index (χ4v) is 2.89. The first-order valence-electron chi connectivity index (χ1n) is 6.17. The van der Waals surface area contributed by atoms with E-state index in [9.17, 15) is 0 Å². The molecule has 0 amide bonds. The van der Waals surface area contributed by atoms with Gasteiger partial charge < -0.3 is 11.1 Å². The van der Waals surface area contributed by atoms with Crippen LogP contribution in [0.4, 0.5) is 5.13 Å². The van der Waals surface area contributed by atoms with Crippen LogP contribution in [0.1, 0.15) is 26.3 Å². The van der Waals surface area contributed by atoms with Crippen LogP contribution in [0.3, 0.4) is 0 Å². The summed E-state index contributed by atoms with van der Waals surface area (Å²) in [5, 5.41) is 8.33. The molecule has 3 N–H and O–H groups in total. The van der Waals surface area contributed by atoms with Gasteiger partial charge in [0.25, 0.3) is 0 Å². The third-order valence-electron chi connectivity index (χ3n) is 3.56. The molecule has 0 spiro atoms. The van der Waals surface area contributed by atoms with E-state index in [4.69, 9.17) is 11.1 Å². The van der Waals surface area contributed by atoms with Gasteiger partial charge in [0, 0.05) is 5.71 Å². The van der Waals surface area contributed by atoms with Crippen LogP contribution in [0.5, 0.6) is 0 Å². The van der Waals surface area contributed by atoms with Gasteiger partial charge in [-0.2, -0.15) is 0 Å². The van der Waals surface area contributed by atoms with Crippen molar-refractivity contribution in [3.8, 4) is 0 Å². The molecule has 4 heteroatoms. The number of nitrogens with one attached hydrogen (secondary N) is 1. The summed E-state index contributed by atoms with van der Waals surface area (Å²) in [6, 6.07) is 6.32. The highest BCUT2D eigenvalue weighted by molar-refractivity contribution is 7.22. The van der Waals surface area contributed by atoms with Crippen molar-refractivity contribution in [2.24, 2.45) is 11.8 Å². The lowest BCUT2D eigenvalue weighted by Gasteiger charge is -2.18. The minimum Gasteiger partial charge on any atom is -0.375 e. The molecule has 3 nitrogen and oxygen atoms in total. The van der Waals surface area contributed by atoms with Crippen LogP contribution in [-0.2, 0) is 6.42 Å². The number of benzene rings is 1. The smallest absolute Gasteiger partial charge is 0.181 e. The summed E-state index contributed by atoms with van der Waals surface area (Å²) in [5.41, 5.74) is 8.74. The van der Waals surface area contributed by atoms with Gasteiger partial charge >= 0.3 is 0 Å². The first-order chi connectivity index (χ1) is 8.47. The van der Waals surface area contributed by atoms with Crippen molar-refractivity contribution in [3.05, 3.63) is 23.8 Å². The highest BCUT2D eigenvalue weighted by Crippen LogP contribution is 2.26. The SMILES string of the molecule is CC(=N)C(C)C(C)Cc1ccc2nc(N)sc2c1. The molecular formula is C14H19N3S. The Morgan fingerprint density at radius 1 is 1.44 bits per heavy atom. The molecule has 0 saturated carbocycles. The van der Waals surface area contributed by atoms with E-state index in [2.05, 4.69) is 31.0 Å². The van der Waals surface area contributed by atoms with Crippen molar-refractivity contribution in [2.45, 2.75) is 27.2 Å². The van der Waals surface area contributed by atoms with E-state index in [0.717, 1.165) is 22.3 Å². The Labute approximate surface area is 112 Å². The van der Waals surface area contributed by atoms with Crippen molar-refractivity contribution in [2.75, 3.05) is 5.73 Å². The maximum Gasteiger partial charge on any atom is 0.181 e. The van der Waals surface area contributed by atoms with Gasteiger partial charge in [-0.05, 0) is 42.9 Å². The zero-order valence-corrected chi connectivity index (χ0v) is 11.8. The number of thiazole rings is 1.